The zero-order chi connectivity index (χ0) is 12.3. The second kappa shape index (κ2) is 5.18. The number of amides is 1. The van der Waals surface area contributed by atoms with Crippen molar-refractivity contribution >= 4 is 11.7 Å². The predicted molar refractivity (Wildman–Crippen MR) is 63.2 cm³/mol. The molecule has 0 aromatic carbocycles. The summed E-state index contributed by atoms with van der Waals surface area (Å²) in [6.45, 7) is 2.94. The fraction of sp³-hybridized carbons (Fsp3) is 0.636. The van der Waals surface area contributed by atoms with Crippen molar-refractivity contribution in [1.29, 1.82) is 0 Å². The molecule has 0 radical (unpaired) electrons. The summed E-state index contributed by atoms with van der Waals surface area (Å²) in [6.07, 6.45) is 3.65. The Bertz CT molecular complexity index is 391. The summed E-state index contributed by atoms with van der Waals surface area (Å²) in [5.41, 5.74) is 5.48. The summed E-state index contributed by atoms with van der Waals surface area (Å²) in [7, 11) is 0. The molecule has 2 atom stereocenters. The van der Waals surface area contributed by atoms with Crippen LogP contribution in [0, 0.1) is 0 Å². The molecule has 6 heteroatoms. The zero-order valence-electron chi connectivity index (χ0n) is 9.93. The van der Waals surface area contributed by atoms with Crippen LogP contribution in [0.15, 0.2) is 12.3 Å². The fourth-order valence-electron chi connectivity index (χ4n) is 2.02. The molecule has 2 rings (SSSR count). The van der Waals surface area contributed by atoms with Crippen molar-refractivity contribution in [1.82, 2.24) is 15.1 Å². The fourth-order valence-corrected chi connectivity index (χ4v) is 2.02. The number of ether oxygens (including phenoxy) is 1. The third-order valence-electron chi connectivity index (χ3n) is 2.82. The molecule has 1 aliphatic heterocycles. The molecule has 1 aromatic heterocycles. The lowest BCUT2D eigenvalue weighted by Gasteiger charge is -2.27. The molecule has 1 aromatic rings. The largest absolute Gasteiger partial charge is 0.382 e. The lowest BCUT2D eigenvalue weighted by atomic mass is 10.0. The maximum Gasteiger partial charge on any atom is 0.241 e. The van der Waals surface area contributed by atoms with E-state index in [0.29, 0.717) is 12.4 Å². The quantitative estimate of drug-likeness (QED) is 0.785. The van der Waals surface area contributed by atoms with Gasteiger partial charge in [-0.25, -0.2) is 0 Å². The molecule has 1 aliphatic rings. The van der Waals surface area contributed by atoms with Crippen LogP contribution >= 0.6 is 0 Å². The van der Waals surface area contributed by atoms with E-state index in [2.05, 4.69) is 10.4 Å². The number of nitrogen functional groups attached to an aromatic ring is 1. The highest BCUT2D eigenvalue weighted by atomic mass is 16.5. The molecule has 0 saturated carbocycles. The van der Waals surface area contributed by atoms with Crippen LogP contribution in [-0.4, -0.2) is 34.4 Å². The van der Waals surface area contributed by atoms with E-state index in [4.69, 9.17) is 10.5 Å². The van der Waals surface area contributed by atoms with Crippen LogP contribution in [0.5, 0.6) is 0 Å². The zero-order valence-corrected chi connectivity index (χ0v) is 9.93. The minimum absolute atomic E-state index is 0.0350. The lowest BCUT2D eigenvalue weighted by molar-refractivity contribution is -0.123. The summed E-state index contributed by atoms with van der Waals surface area (Å²) in [4.78, 5) is 11.7. The van der Waals surface area contributed by atoms with Gasteiger partial charge in [-0.05, 0) is 25.8 Å². The van der Waals surface area contributed by atoms with Gasteiger partial charge in [0.25, 0.3) is 0 Å². The van der Waals surface area contributed by atoms with E-state index in [0.717, 1.165) is 12.8 Å². The predicted octanol–water partition coefficient (Wildman–Crippen LogP) is 0.149. The average molecular weight is 238 g/mol. The number of carbonyl (C=O) groups is 1. The van der Waals surface area contributed by atoms with E-state index in [1.807, 2.05) is 6.92 Å². The Balaban J connectivity index is 1.80. The first-order valence-electron chi connectivity index (χ1n) is 5.83. The molecule has 2 unspecified atom stereocenters. The number of aromatic nitrogens is 2. The first-order valence-corrected chi connectivity index (χ1v) is 5.83. The Morgan fingerprint density at radius 2 is 2.59 bits per heavy atom. The van der Waals surface area contributed by atoms with E-state index in [9.17, 15) is 4.79 Å². The van der Waals surface area contributed by atoms with Gasteiger partial charge in [0, 0.05) is 18.8 Å². The summed E-state index contributed by atoms with van der Waals surface area (Å²) in [5, 5.41) is 6.95. The molecule has 1 saturated heterocycles. The highest BCUT2D eigenvalue weighted by Crippen LogP contribution is 2.12. The molecular formula is C11H18N4O2. The molecule has 1 fully saturated rings. The molecule has 0 bridgehead atoms. The molecule has 94 valence electrons. The van der Waals surface area contributed by atoms with Gasteiger partial charge in [0.15, 0.2) is 0 Å². The van der Waals surface area contributed by atoms with Gasteiger partial charge in [-0.15, -0.1) is 0 Å². The van der Waals surface area contributed by atoms with E-state index >= 15 is 0 Å². The highest BCUT2D eigenvalue weighted by molar-refractivity contribution is 5.76. The van der Waals surface area contributed by atoms with Crippen molar-refractivity contribution in [3.05, 3.63) is 12.3 Å². The SMILES string of the molecule is CC1CC(NC(=O)Cn2ccc(N)n2)CCO1. The van der Waals surface area contributed by atoms with E-state index in [1.54, 1.807) is 12.3 Å². The molecule has 6 nitrogen and oxygen atoms in total. The minimum atomic E-state index is -0.0350. The molecule has 1 amide bonds. The van der Waals surface area contributed by atoms with E-state index < -0.39 is 0 Å². The van der Waals surface area contributed by atoms with Crippen LogP contribution in [0.25, 0.3) is 0 Å². The number of hydrogen-bond acceptors (Lipinski definition) is 4. The van der Waals surface area contributed by atoms with Crippen molar-refractivity contribution < 1.29 is 9.53 Å². The Labute approximate surface area is 100 Å². The summed E-state index contributed by atoms with van der Waals surface area (Å²) in [5.74, 6) is 0.393. The molecule has 17 heavy (non-hydrogen) atoms. The molecule has 3 N–H and O–H groups in total. The normalized spacial score (nSPS) is 24.5. The van der Waals surface area contributed by atoms with E-state index in [1.165, 1.54) is 4.68 Å². The number of rotatable bonds is 3. The Hall–Kier alpha value is -1.56. The summed E-state index contributed by atoms with van der Waals surface area (Å²) < 4.78 is 6.96. The van der Waals surface area contributed by atoms with E-state index in [-0.39, 0.29) is 24.6 Å². The maximum absolute atomic E-state index is 11.7. The summed E-state index contributed by atoms with van der Waals surface area (Å²) in [6, 6.07) is 1.88. The van der Waals surface area contributed by atoms with Gasteiger partial charge in [0.05, 0.1) is 6.10 Å². The van der Waals surface area contributed by atoms with Crippen LogP contribution in [0.2, 0.25) is 0 Å². The van der Waals surface area contributed by atoms with Gasteiger partial charge in [-0.3, -0.25) is 9.48 Å². The van der Waals surface area contributed by atoms with Crippen LogP contribution < -0.4 is 11.1 Å². The molecule has 2 heterocycles. The van der Waals surface area contributed by atoms with Crippen molar-refractivity contribution in [3.8, 4) is 0 Å². The second-order valence-corrected chi connectivity index (χ2v) is 4.41. The third-order valence-corrected chi connectivity index (χ3v) is 2.82. The van der Waals surface area contributed by atoms with Crippen LogP contribution in [0.3, 0.4) is 0 Å². The van der Waals surface area contributed by atoms with Crippen LogP contribution in [-0.2, 0) is 16.1 Å². The number of carbonyl (C=O) groups excluding carboxylic acids is 1. The second-order valence-electron chi connectivity index (χ2n) is 4.41. The molecule has 0 aliphatic carbocycles. The standard InChI is InChI=1S/C11H18N4O2/c1-8-6-9(3-5-17-8)13-11(16)7-15-4-2-10(12)14-15/h2,4,8-9H,3,5-7H2,1H3,(H2,12,14)(H,13,16). The van der Waals surface area contributed by atoms with Crippen molar-refractivity contribution in [2.75, 3.05) is 12.3 Å². The van der Waals surface area contributed by atoms with Crippen molar-refractivity contribution in [2.24, 2.45) is 0 Å². The van der Waals surface area contributed by atoms with Gasteiger partial charge in [-0.1, -0.05) is 0 Å². The minimum Gasteiger partial charge on any atom is -0.382 e. The molecule has 0 spiro atoms. The lowest BCUT2D eigenvalue weighted by Crippen LogP contribution is -2.42. The molecular weight excluding hydrogens is 220 g/mol. The van der Waals surface area contributed by atoms with Gasteiger partial charge in [-0.2, -0.15) is 5.10 Å². The maximum atomic E-state index is 11.7. The third kappa shape index (κ3) is 3.45. The smallest absolute Gasteiger partial charge is 0.241 e. The van der Waals surface area contributed by atoms with Crippen LogP contribution in [0.1, 0.15) is 19.8 Å². The first kappa shape index (κ1) is 11.9. The van der Waals surface area contributed by atoms with Crippen molar-refractivity contribution in [3.63, 3.8) is 0 Å². The number of nitrogens with two attached hydrogens (primary N) is 1. The number of nitrogens with zero attached hydrogens (tertiary/aromatic N) is 2. The average Bonchev–Trinajstić information content (AvgIpc) is 2.63. The van der Waals surface area contributed by atoms with Gasteiger partial charge in [0.2, 0.25) is 5.91 Å². The van der Waals surface area contributed by atoms with Crippen molar-refractivity contribution in [2.45, 2.75) is 38.5 Å². The monoisotopic (exact) mass is 238 g/mol. The Morgan fingerprint density at radius 3 is 3.24 bits per heavy atom. The topological polar surface area (TPSA) is 82.2 Å². The number of nitrogens with one attached hydrogen (secondary N) is 1. The Morgan fingerprint density at radius 1 is 1.76 bits per heavy atom. The first-order chi connectivity index (χ1) is 8.13. The summed E-state index contributed by atoms with van der Waals surface area (Å²) >= 11 is 0. The van der Waals surface area contributed by atoms with Gasteiger partial charge >= 0.3 is 0 Å². The Kier molecular flexibility index (Phi) is 3.63. The van der Waals surface area contributed by atoms with Crippen LogP contribution in [0.4, 0.5) is 5.82 Å². The van der Waals surface area contributed by atoms with Gasteiger partial charge < -0.3 is 15.8 Å². The van der Waals surface area contributed by atoms with Gasteiger partial charge in [0.1, 0.15) is 12.4 Å². The highest BCUT2D eigenvalue weighted by Gasteiger charge is 2.20. The number of hydrogen-bond donors (Lipinski definition) is 2. The number of anilines is 1.